The second-order valence-electron chi connectivity index (χ2n) is 7.48. The number of nitrogens with zero attached hydrogens (tertiary/aromatic N) is 4. The van der Waals surface area contributed by atoms with Crippen molar-refractivity contribution in [1.29, 1.82) is 0 Å². The fourth-order valence-corrected chi connectivity index (χ4v) is 3.56. The summed E-state index contributed by atoms with van der Waals surface area (Å²) in [6.07, 6.45) is 1.44. The molecular formula is C23H26N6O2. The summed E-state index contributed by atoms with van der Waals surface area (Å²) in [5, 5.41) is 3.15. The quantitative estimate of drug-likeness (QED) is 0.590. The molecule has 1 fully saturated rings. The Balaban J connectivity index is 1.46. The molecule has 0 radical (unpaired) electrons. The second-order valence-corrected chi connectivity index (χ2v) is 7.48. The van der Waals surface area contributed by atoms with Crippen LogP contribution in [0.1, 0.15) is 15.9 Å². The van der Waals surface area contributed by atoms with Gasteiger partial charge in [-0.15, -0.1) is 0 Å². The summed E-state index contributed by atoms with van der Waals surface area (Å²) >= 11 is 0. The maximum atomic E-state index is 12.9. The Bertz CT molecular complexity index is 1060. The van der Waals surface area contributed by atoms with E-state index >= 15 is 0 Å². The number of rotatable bonds is 6. The maximum absolute atomic E-state index is 12.9. The third-order valence-electron chi connectivity index (χ3n) is 5.41. The first-order chi connectivity index (χ1) is 15.0. The molecule has 1 aliphatic heterocycles. The zero-order chi connectivity index (χ0) is 21.8. The molecule has 31 heavy (non-hydrogen) atoms. The lowest BCUT2D eigenvalue weighted by Crippen LogP contribution is -2.44. The minimum Gasteiger partial charge on any atom is -0.496 e. The standard InChI is InChI=1S/C23H26N6O2/c1-28-11-13-29(14-12-28)17-9-7-16(8-10-17)26-23-25-15-19(22(24)27-23)21(30)18-5-3-4-6-20(18)31-2/h3-10,15H,11-14H2,1-2H3,(H3,24,25,26,27). The second kappa shape index (κ2) is 9.01. The number of methoxy groups -OCH3 is 1. The molecule has 2 aromatic carbocycles. The molecular weight excluding hydrogens is 392 g/mol. The Morgan fingerprint density at radius 1 is 1.03 bits per heavy atom. The molecule has 8 nitrogen and oxygen atoms in total. The zero-order valence-corrected chi connectivity index (χ0v) is 17.7. The number of nitrogens with one attached hydrogen (secondary N) is 1. The monoisotopic (exact) mass is 418 g/mol. The molecule has 160 valence electrons. The summed E-state index contributed by atoms with van der Waals surface area (Å²) in [5.74, 6) is 0.649. The molecule has 0 bridgehead atoms. The Hall–Kier alpha value is -3.65. The normalized spacial score (nSPS) is 14.3. The number of anilines is 4. The van der Waals surface area contributed by atoms with E-state index < -0.39 is 0 Å². The molecule has 0 amide bonds. The smallest absolute Gasteiger partial charge is 0.229 e. The number of hydrogen-bond acceptors (Lipinski definition) is 8. The third-order valence-corrected chi connectivity index (χ3v) is 5.41. The Morgan fingerprint density at radius 3 is 2.42 bits per heavy atom. The summed E-state index contributed by atoms with van der Waals surface area (Å²) in [6, 6.07) is 15.1. The van der Waals surface area contributed by atoms with Crippen molar-refractivity contribution in [3.8, 4) is 5.75 Å². The number of piperazine rings is 1. The van der Waals surface area contributed by atoms with Gasteiger partial charge >= 0.3 is 0 Å². The van der Waals surface area contributed by atoms with Gasteiger partial charge in [-0.1, -0.05) is 12.1 Å². The SMILES string of the molecule is COc1ccccc1C(=O)c1cnc(Nc2ccc(N3CCN(C)CC3)cc2)nc1N. The predicted octanol–water partition coefficient (Wildman–Crippen LogP) is 2.79. The van der Waals surface area contributed by atoms with Crippen molar-refractivity contribution in [1.82, 2.24) is 14.9 Å². The first kappa shape index (κ1) is 20.6. The molecule has 3 aromatic rings. The molecule has 0 unspecified atom stereocenters. The lowest BCUT2D eigenvalue weighted by Gasteiger charge is -2.34. The summed E-state index contributed by atoms with van der Waals surface area (Å²) in [7, 11) is 3.67. The highest BCUT2D eigenvalue weighted by atomic mass is 16.5. The van der Waals surface area contributed by atoms with Gasteiger partial charge in [0, 0.05) is 43.8 Å². The van der Waals surface area contributed by atoms with Gasteiger partial charge in [0.2, 0.25) is 11.7 Å². The van der Waals surface area contributed by atoms with E-state index in [0.29, 0.717) is 17.3 Å². The number of para-hydroxylation sites is 1. The summed E-state index contributed by atoms with van der Waals surface area (Å²) in [5.41, 5.74) is 8.77. The van der Waals surface area contributed by atoms with Gasteiger partial charge in [-0.25, -0.2) is 4.98 Å². The number of hydrogen-bond donors (Lipinski definition) is 2. The van der Waals surface area contributed by atoms with Crippen LogP contribution in [-0.2, 0) is 0 Å². The van der Waals surface area contributed by atoms with Crippen LogP contribution in [0.4, 0.5) is 23.1 Å². The Labute approximate surface area is 181 Å². The fraction of sp³-hybridized carbons (Fsp3) is 0.261. The minimum absolute atomic E-state index is 0.113. The van der Waals surface area contributed by atoms with E-state index in [2.05, 4.69) is 44.3 Å². The average molecular weight is 419 g/mol. The van der Waals surface area contributed by atoms with Crippen molar-refractivity contribution in [2.24, 2.45) is 0 Å². The third kappa shape index (κ3) is 4.59. The summed E-state index contributed by atoms with van der Waals surface area (Å²) < 4.78 is 5.27. The molecule has 0 atom stereocenters. The number of nitrogen functional groups attached to an aromatic ring is 1. The van der Waals surface area contributed by atoms with Crippen molar-refractivity contribution in [3.05, 3.63) is 65.9 Å². The van der Waals surface area contributed by atoms with Gasteiger partial charge in [0.15, 0.2) is 0 Å². The number of benzene rings is 2. The Morgan fingerprint density at radius 2 is 1.74 bits per heavy atom. The summed E-state index contributed by atoms with van der Waals surface area (Å²) in [4.78, 5) is 26.1. The largest absolute Gasteiger partial charge is 0.496 e. The van der Waals surface area contributed by atoms with Gasteiger partial charge in [-0.2, -0.15) is 4.98 Å². The van der Waals surface area contributed by atoms with Crippen LogP contribution in [0.25, 0.3) is 0 Å². The van der Waals surface area contributed by atoms with Gasteiger partial charge < -0.3 is 25.6 Å². The van der Waals surface area contributed by atoms with Crippen LogP contribution in [0.15, 0.2) is 54.7 Å². The molecule has 3 N–H and O–H groups in total. The van der Waals surface area contributed by atoms with Gasteiger partial charge in [-0.05, 0) is 43.4 Å². The zero-order valence-electron chi connectivity index (χ0n) is 17.7. The van der Waals surface area contributed by atoms with Crippen LogP contribution in [-0.4, -0.2) is 61.0 Å². The Kier molecular flexibility index (Phi) is 5.99. The van der Waals surface area contributed by atoms with E-state index in [4.69, 9.17) is 10.5 Å². The fourth-order valence-electron chi connectivity index (χ4n) is 3.56. The molecule has 1 aliphatic rings. The van der Waals surface area contributed by atoms with Crippen molar-refractivity contribution in [2.75, 3.05) is 56.3 Å². The van der Waals surface area contributed by atoms with Crippen LogP contribution >= 0.6 is 0 Å². The molecule has 4 rings (SSSR count). The lowest BCUT2D eigenvalue weighted by atomic mass is 10.0. The minimum atomic E-state index is -0.280. The van der Waals surface area contributed by atoms with E-state index in [-0.39, 0.29) is 17.2 Å². The van der Waals surface area contributed by atoms with E-state index in [1.54, 1.807) is 24.3 Å². The number of carbonyl (C=O) groups excluding carboxylic acids is 1. The van der Waals surface area contributed by atoms with Crippen LogP contribution in [0.2, 0.25) is 0 Å². The average Bonchev–Trinajstić information content (AvgIpc) is 2.80. The maximum Gasteiger partial charge on any atom is 0.229 e. The molecule has 0 aliphatic carbocycles. The van der Waals surface area contributed by atoms with Crippen molar-refractivity contribution < 1.29 is 9.53 Å². The van der Waals surface area contributed by atoms with Crippen molar-refractivity contribution >= 4 is 28.9 Å². The van der Waals surface area contributed by atoms with Crippen LogP contribution in [0.3, 0.4) is 0 Å². The molecule has 2 heterocycles. The summed E-state index contributed by atoms with van der Waals surface area (Å²) in [6.45, 7) is 4.16. The van der Waals surface area contributed by atoms with E-state index in [9.17, 15) is 4.79 Å². The van der Waals surface area contributed by atoms with E-state index in [1.807, 2.05) is 12.1 Å². The number of ketones is 1. The predicted molar refractivity (Wildman–Crippen MR) is 122 cm³/mol. The number of carbonyl (C=O) groups is 1. The van der Waals surface area contributed by atoms with Gasteiger partial charge in [-0.3, -0.25) is 4.79 Å². The highest BCUT2D eigenvalue weighted by molar-refractivity contribution is 6.13. The number of aromatic nitrogens is 2. The first-order valence-corrected chi connectivity index (χ1v) is 10.2. The van der Waals surface area contributed by atoms with Crippen LogP contribution in [0, 0.1) is 0 Å². The van der Waals surface area contributed by atoms with E-state index in [1.165, 1.54) is 19.0 Å². The van der Waals surface area contributed by atoms with Crippen LogP contribution in [0.5, 0.6) is 5.75 Å². The molecule has 8 heteroatoms. The molecule has 0 saturated carbocycles. The number of likely N-dealkylation sites (N-methyl/N-ethyl adjacent to an activating group) is 1. The van der Waals surface area contributed by atoms with Gasteiger partial charge in [0.25, 0.3) is 0 Å². The topological polar surface area (TPSA) is 96.6 Å². The van der Waals surface area contributed by atoms with Crippen molar-refractivity contribution in [3.63, 3.8) is 0 Å². The van der Waals surface area contributed by atoms with Gasteiger partial charge in [0.05, 0.1) is 18.2 Å². The van der Waals surface area contributed by atoms with E-state index in [0.717, 1.165) is 31.9 Å². The lowest BCUT2D eigenvalue weighted by molar-refractivity contribution is 0.103. The molecule has 1 saturated heterocycles. The first-order valence-electron chi connectivity index (χ1n) is 10.2. The highest BCUT2D eigenvalue weighted by Gasteiger charge is 2.18. The van der Waals surface area contributed by atoms with Gasteiger partial charge in [0.1, 0.15) is 11.6 Å². The van der Waals surface area contributed by atoms with Crippen LogP contribution < -0.4 is 20.7 Å². The highest BCUT2D eigenvalue weighted by Crippen LogP contribution is 2.25. The molecule has 0 spiro atoms. The number of nitrogens with two attached hydrogens (primary N) is 1. The molecule has 1 aromatic heterocycles. The number of ether oxygens (including phenoxy) is 1. The van der Waals surface area contributed by atoms with Crippen molar-refractivity contribution in [2.45, 2.75) is 0 Å².